The molecule has 1 saturated heterocycles. The second-order valence-corrected chi connectivity index (χ2v) is 6.74. The number of ether oxygens (including phenoxy) is 1. The molecule has 0 bridgehead atoms. The highest BCUT2D eigenvalue weighted by Gasteiger charge is 2.43. The lowest BCUT2D eigenvalue weighted by molar-refractivity contribution is -0.158. The van der Waals surface area contributed by atoms with Gasteiger partial charge in [-0.2, -0.15) is 0 Å². The molecular weight excluding hydrogens is 248 g/mol. The normalized spacial score (nSPS) is 34.2. The highest BCUT2D eigenvalue weighted by Crippen LogP contribution is 2.48. The smallest absolute Gasteiger partial charge is 0.310 e. The van der Waals surface area contributed by atoms with Gasteiger partial charge in [0.25, 0.3) is 0 Å². The van der Waals surface area contributed by atoms with Gasteiger partial charge < -0.3 is 4.74 Å². The Morgan fingerprint density at radius 1 is 1.50 bits per heavy atom. The van der Waals surface area contributed by atoms with Crippen molar-refractivity contribution in [3.05, 3.63) is 12.2 Å². The van der Waals surface area contributed by atoms with Crippen LogP contribution in [0.15, 0.2) is 12.2 Å². The maximum Gasteiger partial charge on any atom is 0.310 e. The van der Waals surface area contributed by atoms with Crippen molar-refractivity contribution in [1.29, 1.82) is 0 Å². The summed E-state index contributed by atoms with van der Waals surface area (Å²) in [5.74, 6) is 1.11. The maximum atomic E-state index is 11.4. The molecule has 2 aliphatic rings. The summed E-state index contributed by atoms with van der Waals surface area (Å²) in [4.78, 5) is 11.4. The number of fused-ring (bicyclic) bond motifs is 1. The Hall–Kier alpha value is -1.23. The van der Waals surface area contributed by atoms with E-state index in [1.54, 1.807) is 0 Å². The van der Waals surface area contributed by atoms with Crippen molar-refractivity contribution in [1.82, 2.24) is 0 Å². The number of hydrogen-bond acceptors (Lipinski definition) is 2. The SMILES string of the molecule is C#C.C=C1CC(=O)OC2CCC(C)(CC(C)CC)CC12. The summed E-state index contributed by atoms with van der Waals surface area (Å²) in [6, 6.07) is 0. The van der Waals surface area contributed by atoms with Crippen molar-refractivity contribution in [2.45, 2.75) is 65.4 Å². The topological polar surface area (TPSA) is 26.3 Å². The molecule has 1 heterocycles. The van der Waals surface area contributed by atoms with E-state index >= 15 is 0 Å². The molecule has 0 N–H and O–H groups in total. The monoisotopic (exact) mass is 276 g/mol. The van der Waals surface area contributed by atoms with E-state index in [4.69, 9.17) is 4.74 Å². The van der Waals surface area contributed by atoms with Crippen LogP contribution >= 0.6 is 0 Å². The van der Waals surface area contributed by atoms with Crippen molar-refractivity contribution in [3.63, 3.8) is 0 Å². The lowest BCUT2D eigenvalue weighted by Gasteiger charge is -2.46. The molecule has 4 atom stereocenters. The molecular formula is C18H28O2. The van der Waals surface area contributed by atoms with E-state index < -0.39 is 0 Å². The van der Waals surface area contributed by atoms with Crippen LogP contribution in [-0.4, -0.2) is 12.1 Å². The van der Waals surface area contributed by atoms with Gasteiger partial charge in [-0.3, -0.25) is 4.79 Å². The highest BCUT2D eigenvalue weighted by atomic mass is 16.5. The summed E-state index contributed by atoms with van der Waals surface area (Å²) < 4.78 is 5.49. The van der Waals surface area contributed by atoms with Gasteiger partial charge in [-0.1, -0.05) is 39.3 Å². The molecule has 0 radical (unpaired) electrons. The number of terminal acetylenes is 1. The van der Waals surface area contributed by atoms with Crippen molar-refractivity contribution in [2.75, 3.05) is 0 Å². The lowest BCUT2D eigenvalue weighted by Crippen LogP contribution is -2.42. The molecule has 1 aliphatic carbocycles. The molecule has 2 heteroatoms. The third kappa shape index (κ3) is 3.88. The maximum absolute atomic E-state index is 11.4. The van der Waals surface area contributed by atoms with Crippen molar-refractivity contribution in [2.24, 2.45) is 17.3 Å². The fraction of sp³-hybridized carbons (Fsp3) is 0.722. The molecule has 2 nitrogen and oxygen atoms in total. The molecule has 1 saturated carbocycles. The van der Waals surface area contributed by atoms with Crippen LogP contribution in [0.3, 0.4) is 0 Å². The van der Waals surface area contributed by atoms with Crippen molar-refractivity contribution in [3.8, 4) is 12.8 Å². The summed E-state index contributed by atoms with van der Waals surface area (Å²) >= 11 is 0. The Morgan fingerprint density at radius 3 is 2.75 bits per heavy atom. The molecule has 0 amide bonds. The predicted octanol–water partition coefficient (Wildman–Crippen LogP) is 4.35. The largest absolute Gasteiger partial charge is 0.461 e. The number of esters is 1. The Balaban J connectivity index is 0.000000956. The first-order chi connectivity index (χ1) is 9.43. The Bertz CT molecular complexity index is 382. The van der Waals surface area contributed by atoms with Gasteiger partial charge >= 0.3 is 5.97 Å². The predicted molar refractivity (Wildman–Crippen MR) is 83.0 cm³/mol. The first kappa shape index (κ1) is 16.8. The summed E-state index contributed by atoms with van der Waals surface area (Å²) in [6.07, 6.45) is 14.4. The zero-order valence-electron chi connectivity index (χ0n) is 13.2. The first-order valence-electron chi connectivity index (χ1n) is 7.64. The van der Waals surface area contributed by atoms with E-state index in [1.165, 1.54) is 19.3 Å². The van der Waals surface area contributed by atoms with Gasteiger partial charge in [-0.15, -0.1) is 12.8 Å². The van der Waals surface area contributed by atoms with Crippen LogP contribution in [0.4, 0.5) is 0 Å². The second-order valence-electron chi connectivity index (χ2n) is 6.74. The van der Waals surface area contributed by atoms with Crippen molar-refractivity contribution >= 4 is 5.97 Å². The third-order valence-corrected chi connectivity index (χ3v) is 4.91. The third-order valence-electron chi connectivity index (χ3n) is 4.91. The van der Waals surface area contributed by atoms with Crippen molar-refractivity contribution < 1.29 is 9.53 Å². The molecule has 1 aliphatic heterocycles. The molecule has 2 rings (SSSR count). The second kappa shape index (κ2) is 6.97. The van der Waals surface area contributed by atoms with E-state index in [1.807, 2.05) is 0 Å². The Morgan fingerprint density at radius 2 is 2.15 bits per heavy atom. The first-order valence-corrected chi connectivity index (χ1v) is 7.64. The van der Waals surface area contributed by atoms with Crippen LogP contribution in [0.1, 0.15) is 59.3 Å². The van der Waals surface area contributed by atoms with Gasteiger partial charge in [-0.05, 0) is 37.0 Å². The zero-order valence-corrected chi connectivity index (χ0v) is 13.2. The summed E-state index contributed by atoms with van der Waals surface area (Å²) in [5.41, 5.74) is 1.51. The van der Waals surface area contributed by atoms with Crippen LogP contribution in [0.2, 0.25) is 0 Å². The van der Waals surface area contributed by atoms with Crippen LogP contribution in [-0.2, 0) is 9.53 Å². The van der Waals surface area contributed by atoms with E-state index in [-0.39, 0.29) is 12.1 Å². The Labute approximate surface area is 124 Å². The molecule has 20 heavy (non-hydrogen) atoms. The molecule has 2 fully saturated rings. The minimum Gasteiger partial charge on any atom is -0.461 e. The minimum atomic E-state index is -0.0771. The fourth-order valence-electron chi connectivity index (χ4n) is 3.70. The van der Waals surface area contributed by atoms with E-state index in [0.29, 0.717) is 17.8 Å². The summed E-state index contributed by atoms with van der Waals surface area (Å²) in [6.45, 7) is 11.1. The highest BCUT2D eigenvalue weighted by molar-refractivity contribution is 5.74. The van der Waals surface area contributed by atoms with E-state index in [9.17, 15) is 4.79 Å². The van der Waals surface area contributed by atoms with Gasteiger partial charge in [0.15, 0.2) is 0 Å². The molecule has 0 aromatic carbocycles. The standard InChI is InChI=1S/C16H26O2.C2H2/c1-5-11(2)9-16(4)7-6-14-13(10-16)12(3)8-15(17)18-14;1-2/h11,13-14H,3,5-10H2,1-2,4H3;1-2H. The van der Waals surface area contributed by atoms with Gasteiger partial charge in [0.1, 0.15) is 6.10 Å². The number of carbonyl (C=O) groups is 1. The van der Waals surface area contributed by atoms with Gasteiger partial charge in [0, 0.05) is 5.92 Å². The molecule has 0 aromatic heterocycles. The minimum absolute atomic E-state index is 0.0771. The number of carbonyl (C=O) groups excluding carboxylic acids is 1. The van der Waals surface area contributed by atoms with Gasteiger partial charge in [0.05, 0.1) is 6.42 Å². The summed E-state index contributed by atoms with van der Waals surface area (Å²) in [5, 5.41) is 0. The van der Waals surface area contributed by atoms with Crippen LogP contribution in [0, 0.1) is 30.1 Å². The molecule has 0 aromatic rings. The van der Waals surface area contributed by atoms with E-state index in [0.717, 1.165) is 24.3 Å². The molecule has 4 unspecified atom stereocenters. The van der Waals surface area contributed by atoms with Gasteiger partial charge in [0.2, 0.25) is 0 Å². The Kier molecular flexibility index (Phi) is 5.87. The van der Waals surface area contributed by atoms with Crippen LogP contribution in [0.25, 0.3) is 0 Å². The number of rotatable bonds is 3. The zero-order chi connectivity index (χ0) is 15.3. The van der Waals surface area contributed by atoms with E-state index in [2.05, 4.69) is 40.2 Å². The van der Waals surface area contributed by atoms with Gasteiger partial charge in [-0.25, -0.2) is 0 Å². The molecule has 112 valence electrons. The van der Waals surface area contributed by atoms with Crippen LogP contribution < -0.4 is 0 Å². The quantitative estimate of drug-likeness (QED) is 0.435. The fourth-order valence-corrected chi connectivity index (χ4v) is 3.70. The lowest BCUT2D eigenvalue weighted by atomic mass is 9.63. The summed E-state index contributed by atoms with van der Waals surface area (Å²) in [7, 11) is 0. The average Bonchev–Trinajstić information content (AvgIpc) is 2.42. The average molecular weight is 276 g/mol. The van der Waals surface area contributed by atoms with Crippen LogP contribution in [0.5, 0.6) is 0 Å². The number of hydrogen-bond donors (Lipinski definition) is 0. The molecule has 0 spiro atoms.